The van der Waals surface area contributed by atoms with Crippen molar-refractivity contribution < 1.29 is 9.53 Å². The number of hydrogen-bond donors (Lipinski definition) is 1. The topological polar surface area (TPSA) is 52.3 Å². The molecule has 1 amide bonds. The standard InChI is InChI=1S/C15H17NO2/c1-15(9-14(16)17)13-8-10-4-2-3-5-11(10)12(13)6-7-18-15/h2-5H,6-9H2,1H3,(H2,16,17). The van der Waals surface area contributed by atoms with Crippen molar-refractivity contribution in [2.75, 3.05) is 6.61 Å². The number of ether oxygens (including phenoxy) is 1. The molecule has 1 atom stereocenters. The maximum Gasteiger partial charge on any atom is 0.220 e. The van der Waals surface area contributed by atoms with Crippen LogP contribution < -0.4 is 5.73 Å². The smallest absolute Gasteiger partial charge is 0.220 e. The minimum Gasteiger partial charge on any atom is -0.370 e. The van der Waals surface area contributed by atoms with Crippen LogP contribution in [0.15, 0.2) is 29.8 Å². The van der Waals surface area contributed by atoms with Crippen LogP contribution in [0.3, 0.4) is 0 Å². The Bertz CT molecular complexity index is 547. The van der Waals surface area contributed by atoms with Crippen molar-refractivity contribution in [3.05, 3.63) is 41.0 Å². The van der Waals surface area contributed by atoms with Gasteiger partial charge in [-0.3, -0.25) is 4.79 Å². The van der Waals surface area contributed by atoms with Gasteiger partial charge in [0.15, 0.2) is 0 Å². The van der Waals surface area contributed by atoms with Crippen molar-refractivity contribution in [1.29, 1.82) is 0 Å². The third kappa shape index (κ3) is 1.66. The minimum atomic E-state index is -0.515. The van der Waals surface area contributed by atoms with Crippen LogP contribution in [0.25, 0.3) is 5.57 Å². The Labute approximate surface area is 107 Å². The van der Waals surface area contributed by atoms with Gasteiger partial charge in [-0.2, -0.15) is 0 Å². The zero-order valence-corrected chi connectivity index (χ0v) is 10.5. The van der Waals surface area contributed by atoms with Gasteiger partial charge in [0.2, 0.25) is 5.91 Å². The molecule has 3 rings (SSSR count). The summed E-state index contributed by atoms with van der Waals surface area (Å²) in [6, 6.07) is 8.44. The Kier molecular flexibility index (Phi) is 2.52. The van der Waals surface area contributed by atoms with Crippen LogP contribution in [0.5, 0.6) is 0 Å². The number of carbonyl (C=O) groups excluding carboxylic acids is 1. The van der Waals surface area contributed by atoms with E-state index < -0.39 is 5.60 Å². The van der Waals surface area contributed by atoms with Crippen molar-refractivity contribution in [2.45, 2.75) is 31.8 Å². The molecule has 1 unspecified atom stereocenters. The summed E-state index contributed by atoms with van der Waals surface area (Å²) in [6.07, 6.45) is 2.08. The summed E-state index contributed by atoms with van der Waals surface area (Å²) in [5.74, 6) is -0.304. The number of primary amides is 1. The van der Waals surface area contributed by atoms with Gasteiger partial charge in [-0.25, -0.2) is 0 Å². The number of hydrogen-bond acceptors (Lipinski definition) is 2. The predicted octanol–water partition coefficient (Wildman–Crippen LogP) is 2.05. The molecule has 18 heavy (non-hydrogen) atoms. The Morgan fingerprint density at radius 2 is 2.22 bits per heavy atom. The monoisotopic (exact) mass is 243 g/mol. The van der Waals surface area contributed by atoms with Gasteiger partial charge in [0.1, 0.15) is 0 Å². The molecule has 3 nitrogen and oxygen atoms in total. The molecular formula is C15H17NO2. The highest BCUT2D eigenvalue weighted by Crippen LogP contribution is 2.45. The van der Waals surface area contributed by atoms with Crippen LogP contribution in [0.1, 0.15) is 30.9 Å². The van der Waals surface area contributed by atoms with E-state index in [1.54, 1.807) is 0 Å². The Hall–Kier alpha value is -1.61. The van der Waals surface area contributed by atoms with Crippen LogP contribution in [0, 0.1) is 0 Å². The fraction of sp³-hybridized carbons (Fsp3) is 0.400. The van der Waals surface area contributed by atoms with Gasteiger partial charge in [-0.15, -0.1) is 0 Å². The SMILES string of the molecule is CC1(CC(N)=O)OCCC2=C1Cc1ccccc12. The molecule has 3 heteroatoms. The summed E-state index contributed by atoms with van der Waals surface area (Å²) in [4.78, 5) is 11.3. The van der Waals surface area contributed by atoms with Gasteiger partial charge < -0.3 is 10.5 Å². The average Bonchev–Trinajstić information content (AvgIpc) is 2.69. The van der Waals surface area contributed by atoms with E-state index in [2.05, 4.69) is 24.3 Å². The van der Waals surface area contributed by atoms with Crippen LogP contribution in [-0.2, 0) is 16.0 Å². The summed E-state index contributed by atoms with van der Waals surface area (Å²) >= 11 is 0. The van der Waals surface area contributed by atoms with E-state index in [4.69, 9.17) is 10.5 Å². The first-order valence-electron chi connectivity index (χ1n) is 6.33. The molecule has 0 radical (unpaired) electrons. The average molecular weight is 243 g/mol. The normalized spacial score (nSPS) is 25.8. The molecule has 2 aliphatic rings. The second kappa shape index (κ2) is 3.95. The van der Waals surface area contributed by atoms with Crippen molar-refractivity contribution >= 4 is 11.5 Å². The van der Waals surface area contributed by atoms with E-state index in [0.717, 1.165) is 12.8 Å². The molecule has 0 spiro atoms. The minimum absolute atomic E-state index is 0.264. The molecule has 1 aromatic rings. The molecule has 0 saturated heterocycles. The highest BCUT2D eigenvalue weighted by molar-refractivity contribution is 5.81. The summed E-state index contributed by atoms with van der Waals surface area (Å²) in [5.41, 5.74) is 10.1. The van der Waals surface area contributed by atoms with E-state index in [-0.39, 0.29) is 12.3 Å². The molecule has 0 bridgehead atoms. The van der Waals surface area contributed by atoms with Crippen molar-refractivity contribution in [1.82, 2.24) is 0 Å². The van der Waals surface area contributed by atoms with Gasteiger partial charge >= 0.3 is 0 Å². The van der Waals surface area contributed by atoms with Crippen molar-refractivity contribution in [2.24, 2.45) is 5.73 Å². The number of amides is 1. The van der Waals surface area contributed by atoms with Crippen LogP contribution in [0.4, 0.5) is 0 Å². The molecule has 2 N–H and O–H groups in total. The molecule has 94 valence electrons. The summed E-state index contributed by atoms with van der Waals surface area (Å²) in [5, 5.41) is 0. The first kappa shape index (κ1) is 11.5. The van der Waals surface area contributed by atoms with Gasteiger partial charge in [-0.1, -0.05) is 24.3 Å². The summed E-state index contributed by atoms with van der Waals surface area (Å²) in [7, 11) is 0. The molecular weight excluding hydrogens is 226 g/mol. The zero-order chi connectivity index (χ0) is 12.8. The van der Waals surface area contributed by atoms with E-state index in [1.165, 1.54) is 22.3 Å². The summed E-state index contributed by atoms with van der Waals surface area (Å²) in [6.45, 7) is 2.65. The van der Waals surface area contributed by atoms with Crippen molar-refractivity contribution in [3.8, 4) is 0 Å². The maximum atomic E-state index is 11.3. The molecule has 1 aromatic carbocycles. The van der Waals surface area contributed by atoms with Gasteiger partial charge in [0, 0.05) is 0 Å². The predicted molar refractivity (Wildman–Crippen MR) is 69.9 cm³/mol. The zero-order valence-electron chi connectivity index (χ0n) is 10.5. The molecule has 1 aliphatic heterocycles. The Morgan fingerprint density at radius 3 is 3.00 bits per heavy atom. The lowest BCUT2D eigenvalue weighted by atomic mass is 9.85. The molecule has 1 heterocycles. The lowest BCUT2D eigenvalue weighted by Crippen LogP contribution is -2.39. The molecule has 0 fully saturated rings. The van der Waals surface area contributed by atoms with Crippen molar-refractivity contribution in [3.63, 3.8) is 0 Å². The van der Waals surface area contributed by atoms with E-state index in [1.807, 2.05) is 6.92 Å². The Balaban J connectivity index is 2.04. The van der Waals surface area contributed by atoms with E-state index >= 15 is 0 Å². The quantitative estimate of drug-likeness (QED) is 0.864. The lowest BCUT2D eigenvalue weighted by Gasteiger charge is -2.35. The number of rotatable bonds is 2. The van der Waals surface area contributed by atoms with Crippen LogP contribution in [-0.4, -0.2) is 18.1 Å². The fourth-order valence-corrected chi connectivity index (χ4v) is 3.18. The largest absolute Gasteiger partial charge is 0.370 e. The highest BCUT2D eigenvalue weighted by Gasteiger charge is 2.40. The second-order valence-electron chi connectivity index (χ2n) is 5.26. The Morgan fingerprint density at radius 1 is 1.44 bits per heavy atom. The van der Waals surface area contributed by atoms with E-state index in [0.29, 0.717) is 6.61 Å². The lowest BCUT2D eigenvalue weighted by molar-refractivity contribution is -0.123. The second-order valence-corrected chi connectivity index (χ2v) is 5.26. The van der Waals surface area contributed by atoms with Crippen LogP contribution >= 0.6 is 0 Å². The highest BCUT2D eigenvalue weighted by atomic mass is 16.5. The molecule has 0 aromatic heterocycles. The molecule has 1 aliphatic carbocycles. The van der Waals surface area contributed by atoms with Gasteiger partial charge in [0.25, 0.3) is 0 Å². The van der Waals surface area contributed by atoms with Gasteiger partial charge in [-0.05, 0) is 42.0 Å². The van der Waals surface area contributed by atoms with Crippen LogP contribution in [0.2, 0.25) is 0 Å². The summed E-state index contributed by atoms with van der Waals surface area (Å²) < 4.78 is 5.86. The number of benzene rings is 1. The number of nitrogens with two attached hydrogens (primary N) is 1. The number of fused-ring (bicyclic) bond motifs is 2. The third-order valence-corrected chi connectivity index (χ3v) is 4.00. The first-order chi connectivity index (χ1) is 8.60. The van der Waals surface area contributed by atoms with Gasteiger partial charge in [0.05, 0.1) is 18.6 Å². The molecule has 0 saturated carbocycles. The maximum absolute atomic E-state index is 11.3. The fourth-order valence-electron chi connectivity index (χ4n) is 3.18. The third-order valence-electron chi connectivity index (χ3n) is 4.00. The van der Waals surface area contributed by atoms with E-state index in [9.17, 15) is 4.79 Å². The number of carbonyl (C=O) groups is 1. The first-order valence-corrected chi connectivity index (χ1v) is 6.33.